The molecule has 0 saturated carbocycles. The quantitative estimate of drug-likeness (QED) is 0.167. The molecule has 4 saturated heterocycles. The maximum absolute atomic E-state index is 6.53. The van der Waals surface area contributed by atoms with Gasteiger partial charge in [-0.1, -0.05) is 31.2 Å². The molecule has 0 spiro atoms. The molecule has 0 radical (unpaired) electrons. The molecule has 4 heterocycles. The SMILES string of the molecule is CC(ON1C(C)(C)CCCC1(C)C)c1ccc(OCC2CO2)cc1.CCCOC1CC(C)(C)N(OC(C)c2ccc(OCC3CO3)cc2)C(C)(C)C1. The van der Waals surface area contributed by atoms with Crippen molar-refractivity contribution in [1.29, 1.82) is 0 Å². The summed E-state index contributed by atoms with van der Waals surface area (Å²) in [6, 6.07) is 16.4. The lowest BCUT2D eigenvalue weighted by Gasteiger charge is -2.54. The van der Waals surface area contributed by atoms with E-state index in [4.69, 9.17) is 33.4 Å². The number of piperidine rings is 2. The van der Waals surface area contributed by atoms with Crippen LogP contribution in [-0.4, -0.2) is 83.6 Å². The van der Waals surface area contributed by atoms with Gasteiger partial charge in [0.15, 0.2) is 0 Å². The maximum Gasteiger partial charge on any atom is 0.119 e. The number of hydroxylamine groups is 4. The lowest BCUT2D eigenvalue weighted by atomic mass is 9.80. The third kappa shape index (κ3) is 11.4. The highest BCUT2D eigenvalue weighted by molar-refractivity contribution is 5.29. The monoisotopic (exact) mass is 725 g/mol. The minimum absolute atomic E-state index is 0.0162. The molecule has 0 aromatic heterocycles. The minimum Gasteiger partial charge on any atom is -0.491 e. The van der Waals surface area contributed by atoms with E-state index in [1.165, 1.54) is 24.8 Å². The molecular weight excluding hydrogens is 656 g/mol. The van der Waals surface area contributed by atoms with Crippen LogP contribution in [0.1, 0.15) is 138 Å². The molecule has 4 unspecified atom stereocenters. The number of ether oxygens (including phenoxy) is 5. The molecule has 4 aliphatic heterocycles. The van der Waals surface area contributed by atoms with Gasteiger partial charge in [-0.15, -0.1) is 0 Å². The predicted octanol–water partition coefficient (Wildman–Crippen LogP) is 9.40. The number of hydrogen-bond donors (Lipinski definition) is 0. The van der Waals surface area contributed by atoms with Crippen molar-refractivity contribution in [3.63, 3.8) is 0 Å². The van der Waals surface area contributed by atoms with Crippen LogP contribution in [0.4, 0.5) is 0 Å². The van der Waals surface area contributed by atoms with Crippen molar-refractivity contribution < 1.29 is 33.4 Å². The number of benzene rings is 2. The van der Waals surface area contributed by atoms with E-state index in [1.807, 2.05) is 24.3 Å². The summed E-state index contributed by atoms with van der Waals surface area (Å²) in [6.45, 7) is 28.2. The van der Waals surface area contributed by atoms with Crippen LogP contribution >= 0.6 is 0 Å². The summed E-state index contributed by atoms with van der Waals surface area (Å²) in [5, 5.41) is 4.42. The van der Waals surface area contributed by atoms with Gasteiger partial charge >= 0.3 is 0 Å². The predicted molar refractivity (Wildman–Crippen MR) is 205 cm³/mol. The van der Waals surface area contributed by atoms with E-state index in [0.717, 1.165) is 56.1 Å². The molecule has 0 aliphatic carbocycles. The molecule has 0 N–H and O–H groups in total. The Morgan fingerprint density at radius 3 is 1.38 bits per heavy atom. The van der Waals surface area contributed by atoms with Crippen molar-refractivity contribution in [2.75, 3.05) is 33.0 Å². The van der Waals surface area contributed by atoms with Crippen LogP contribution in [0.25, 0.3) is 0 Å². The second-order valence-corrected chi connectivity index (χ2v) is 17.8. The summed E-state index contributed by atoms with van der Waals surface area (Å²) >= 11 is 0. The first-order chi connectivity index (χ1) is 24.5. The molecule has 4 aliphatic rings. The number of rotatable bonds is 15. The maximum atomic E-state index is 6.53. The highest BCUT2D eigenvalue weighted by Crippen LogP contribution is 2.42. The summed E-state index contributed by atoms with van der Waals surface area (Å²) in [4.78, 5) is 13.0. The van der Waals surface area contributed by atoms with Gasteiger partial charge in [-0.05, 0) is 143 Å². The lowest BCUT2D eigenvalue weighted by Crippen LogP contribution is -2.62. The normalized spacial score (nSPS) is 26.1. The van der Waals surface area contributed by atoms with E-state index >= 15 is 0 Å². The Morgan fingerprint density at radius 2 is 1.02 bits per heavy atom. The largest absolute Gasteiger partial charge is 0.491 e. The summed E-state index contributed by atoms with van der Waals surface area (Å²) in [7, 11) is 0. The van der Waals surface area contributed by atoms with Crippen molar-refractivity contribution in [3.8, 4) is 11.5 Å². The third-order valence-corrected chi connectivity index (χ3v) is 10.7. The Balaban J connectivity index is 0.000000203. The molecule has 9 nitrogen and oxygen atoms in total. The zero-order valence-electron chi connectivity index (χ0n) is 34.0. The van der Waals surface area contributed by atoms with E-state index in [1.54, 1.807) is 0 Å². The van der Waals surface area contributed by atoms with Crippen molar-refractivity contribution >= 4 is 0 Å². The second kappa shape index (κ2) is 17.1. The van der Waals surface area contributed by atoms with Crippen LogP contribution in [0.5, 0.6) is 11.5 Å². The Morgan fingerprint density at radius 1 is 0.635 bits per heavy atom. The Labute approximate surface area is 314 Å². The Hall–Kier alpha value is -2.24. The molecule has 6 rings (SSSR count). The number of hydrogen-bond acceptors (Lipinski definition) is 9. The summed E-state index contributed by atoms with van der Waals surface area (Å²) in [6.07, 6.45) is 7.41. The Kier molecular flexibility index (Phi) is 13.4. The van der Waals surface area contributed by atoms with Gasteiger partial charge in [-0.25, -0.2) is 0 Å². The fourth-order valence-corrected chi connectivity index (χ4v) is 7.94. The minimum atomic E-state index is -0.0955. The zero-order chi connectivity index (χ0) is 37.7. The molecule has 2 aromatic rings. The van der Waals surface area contributed by atoms with E-state index in [0.29, 0.717) is 13.2 Å². The summed E-state index contributed by atoms with van der Waals surface area (Å²) in [5.41, 5.74) is 2.24. The van der Waals surface area contributed by atoms with Gasteiger partial charge in [-0.2, -0.15) is 10.1 Å². The van der Waals surface area contributed by atoms with Gasteiger partial charge in [-0.3, -0.25) is 9.68 Å². The van der Waals surface area contributed by atoms with Crippen molar-refractivity contribution in [1.82, 2.24) is 10.1 Å². The van der Waals surface area contributed by atoms with Crippen LogP contribution in [0, 0.1) is 0 Å². The highest BCUT2D eigenvalue weighted by Gasteiger charge is 2.48. The van der Waals surface area contributed by atoms with Gasteiger partial charge in [0, 0.05) is 28.8 Å². The highest BCUT2D eigenvalue weighted by atomic mass is 16.7. The van der Waals surface area contributed by atoms with Gasteiger partial charge in [0.1, 0.15) is 49.1 Å². The first kappa shape index (κ1) is 40.9. The van der Waals surface area contributed by atoms with E-state index < -0.39 is 0 Å². The van der Waals surface area contributed by atoms with E-state index in [-0.39, 0.29) is 52.7 Å². The fourth-order valence-electron chi connectivity index (χ4n) is 7.94. The second-order valence-electron chi connectivity index (χ2n) is 17.8. The standard InChI is InChI=1S/C23H37NO4.C20H31NO3/c1-7-12-25-20-13-22(3,4)24(23(5,6)14-20)28-17(2)18-8-10-19(11-9-18)26-15-21-16-27-21;1-15(24-21-19(2,3)11-6-12-20(21,4)5)16-7-9-17(10-8-16)22-13-18-14-23-18/h8-11,17,20-21H,7,12-16H2,1-6H3;7-10,15,18H,6,11-14H2,1-5H3. The average Bonchev–Trinajstić information content (AvgIpc) is 4.02. The summed E-state index contributed by atoms with van der Waals surface area (Å²) in [5.74, 6) is 1.76. The molecule has 4 atom stereocenters. The third-order valence-electron chi connectivity index (χ3n) is 10.7. The molecule has 0 amide bonds. The fraction of sp³-hybridized carbons (Fsp3) is 0.721. The average molecular weight is 725 g/mol. The Bertz CT molecular complexity index is 1350. The molecule has 0 bridgehead atoms. The topological polar surface area (TPSA) is 77.7 Å². The molecule has 52 heavy (non-hydrogen) atoms. The molecular formula is C43H68N2O7. The number of nitrogens with zero attached hydrogens (tertiary/aromatic N) is 2. The van der Waals surface area contributed by atoms with Crippen LogP contribution in [0.2, 0.25) is 0 Å². The van der Waals surface area contributed by atoms with Gasteiger partial charge in [0.05, 0.1) is 19.3 Å². The van der Waals surface area contributed by atoms with Crippen LogP contribution in [0.15, 0.2) is 48.5 Å². The lowest BCUT2D eigenvalue weighted by molar-refractivity contribution is -0.315. The first-order valence-electron chi connectivity index (χ1n) is 19.7. The van der Waals surface area contributed by atoms with Gasteiger partial charge in [0.25, 0.3) is 0 Å². The molecule has 2 aromatic carbocycles. The van der Waals surface area contributed by atoms with Crippen LogP contribution < -0.4 is 9.47 Å². The van der Waals surface area contributed by atoms with Crippen LogP contribution in [0.3, 0.4) is 0 Å². The molecule has 292 valence electrons. The van der Waals surface area contributed by atoms with Crippen LogP contribution in [-0.2, 0) is 23.9 Å². The molecule has 4 fully saturated rings. The van der Waals surface area contributed by atoms with E-state index in [9.17, 15) is 0 Å². The van der Waals surface area contributed by atoms with Gasteiger partial charge in [0.2, 0.25) is 0 Å². The van der Waals surface area contributed by atoms with Gasteiger partial charge < -0.3 is 23.7 Å². The number of epoxide rings is 2. The van der Waals surface area contributed by atoms with E-state index in [2.05, 4.69) is 111 Å². The smallest absolute Gasteiger partial charge is 0.119 e. The summed E-state index contributed by atoms with van der Waals surface area (Å²) < 4.78 is 27.9. The first-order valence-corrected chi connectivity index (χ1v) is 19.7. The molecule has 9 heteroatoms. The zero-order valence-corrected chi connectivity index (χ0v) is 34.0. The van der Waals surface area contributed by atoms with Crippen molar-refractivity contribution in [2.45, 2.75) is 167 Å². The van der Waals surface area contributed by atoms with Crippen molar-refractivity contribution in [2.24, 2.45) is 0 Å². The van der Waals surface area contributed by atoms with Crippen molar-refractivity contribution in [3.05, 3.63) is 59.7 Å².